The summed E-state index contributed by atoms with van der Waals surface area (Å²) < 4.78 is 16.1. The van der Waals surface area contributed by atoms with Crippen LogP contribution in [0.3, 0.4) is 0 Å². The molecule has 0 aliphatic heterocycles. The van der Waals surface area contributed by atoms with Crippen LogP contribution in [0.2, 0.25) is 0 Å². The first kappa shape index (κ1) is 13.8. The van der Waals surface area contributed by atoms with E-state index in [1.165, 1.54) is 6.07 Å². The number of alkyl halides is 1. The van der Waals surface area contributed by atoms with Gasteiger partial charge in [0.2, 0.25) is 0 Å². The third-order valence-electron chi connectivity index (χ3n) is 2.92. The molecule has 0 amide bonds. The first-order chi connectivity index (χ1) is 8.52. The van der Waals surface area contributed by atoms with Gasteiger partial charge in [0, 0.05) is 12.6 Å². The van der Waals surface area contributed by atoms with Gasteiger partial charge in [-0.3, -0.25) is 0 Å². The molecule has 5 heteroatoms. The molecule has 0 fully saturated rings. The molecule has 0 spiro atoms. The lowest BCUT2D eigenvalue weighted by Gasteiger charge is -2.09. The van der Waals surface area contributed by atoms with Gasteiger partial charge in [-0.15, -0.1) is 11.6 Å². The van der Waals surface area contributed by atoms with Crippen molar-refractivity contribution in [3.63, 3.8) is 0 Å². The largest absolute Gasteiger partial charge is 0.327 e. The monoisotopic (exact) mass is 332 g/mol. The van der Waals surface area contributed by atoms with Crippen LogP contribution in [-0.4, -0.2) is 9.55 Å². The Balaban J connectivity index is 2.50. The van der Waals surface area contributed by atoms with Crippen molar-refractivity contribution in [3.8, 4) is 0 Å². The van der Waals surface area contributed by atoms with Crippen molar-refractivity contribution in [1.29, 1.82) is 0 Å². The lowest BCUT2D eigenvalue weighted by atomic mass is 10.1. The zero-order valence-corrected chi connectivity index (χ0v) is 12.7. The van der Waals surface area contributed by atoms with Crippen LogP contribution in [0.5, 0.6) is 0 Å². The molecule has 2 nitrogen and oxygen atoms in total. The molecular formula is C13H15BrClFN2. The van der Waals surface area contributed by atoms with E-state index < -0.39 is 0 Å². The van der Waals surface area contributed by atoms with Gasteiger partial charge in [0.05, 0.1) is 21.4 Å². The molecule has 2 rings (SSSR count). The van der Waals surface area contributed by atoms with E-state index in [0.29, 0.717) is 16.3 Å². The molecule has 0 atom stereocenters. The van der Waals surface area contributed by atoms with E-state index in [2.05, 4.69) is 34.8 Å². The van der Waals surface area contributed by atoms with Crippen molar-refractivity contribution in [2.75, 3.05) is 0 Å². The zero-order valence-electron chi connectivity index (χ0n) is 10.4. The average molecular weight is 334 g/mol. The summed E-state index contributed by atoms with van der Waals surface area (Å²) in [5.41, 5.74) is 1.59. The van der Waals surface area contributed by atoms with Crippen molar-refractivity contribution in [3.05, 3.63) is 28.2 Å². The summed E-state index contributed by atoms with van der Waals surface area (Å²) in [7, 11) is 0. The molecule has 0 aliphatic rings. The molecule has 0 unspecified atom stereocenters. The summed E-state index contributed by atoms with van der Waals surface area (Å²) in [6.45, 7) is 5.14. The number of rotatable bonds is 4. The zero-order chi connectivity index (χ0) is 13.3. The fourth-order valence-electron chi connectivity index (χ4n) is 1.91. The first-order valence-corrected chi connectivity index (χ1v) is 7.25. The second-order valence-electron chi connectivity index (χ2n) is 4.75. The van der Waals surface area contributed by atoms with Crippen molar-refractivity contribution < 1.29 is 4.39 Å². The summed E-state index contributed by atoms with van der Waals surface area (Å²) in [5, 5.41) is 0. The van der Waals surface area contributed by atoms with Gasteiger partial charge in [-0.2, -0.15) is 0 Å². The van der Waals surface area contributed by atoms with Crippen molar-refractivity contribution in [1.82, 2.24) is 9.55 Å². The highest BCUT2D eigenvalue weighted by Crippen LogP contribution is 2.25. The SMILES string of the molecule is CC(C)CCn1c(CCl)nc2cc(Br)c(F)cc21. The van der Waals surface area contributed by atoms with Gasteiger partial charge in [-0.1, -0.05) is 13.8 Å². The first-order valence-electron chi connectivity index (χ1n) is 5.93. The normalized spacial score (nSPS) is 11.7. The molecule has 0 saturated heterocycles. The highest BCUT2D eigenvalue weighted by atomic mass is 79.9. The predicted molar refractivity (Wildman–Crippen MR) is 76.4 cm³/mol. The third-order valence-corrected chi connectivity index (χ3v) is 3.77. The van der Waals surface area contributed by atoms with Gasteiger partial charge in [0.1, 0.15) is 11.6 Å². The van der Waals surface area contributed by atoms with Crippen LogP contribution < -0.4 is 0 Å². The Morgan fingerprint density at radius 3 is 2.78 bits per heavy atom. The molecule has 1 heterocycles. The molecule has 0 radical (unpaired) electrons. The fourth-order valence-corrected chi connectivity index (χ4v) is 2.44. The van der Waals surface area contributed by atoms with Crippen LogP contribution in [0.4, 0.5) is 4.39 Å². The number of benzene rings is 1. The molecule has 0 saturated carbocycles. The summed E-state index contributed by atoms with van der Waals surface area (Å²) in [6.07, 6.45) is 1.02. The van der Waals surface area contributed by atoms with Gasteiger partial charge >= 0.3 is 0 Å². The van der Waals surface area contributed by atoms with E-state index in [0.717, 1.165) is 29.8 Å². The molecule has 2 aromatic rings. The number of hydrogen-bond donors (Lipinski definition) is 0. The third kappa shape index (κ3) is 2.69. The van der Waals surface area contributed by atoms with E-state index in [9.17, 15) is 4.39 Å². The lowest BCUT2D eigenvalue weighted by molar-refractivity contribution is 0.515. The Morgan fingerprint density at radius 2 is 2.17 bits per heavy atom. The Hall–Kier alpha value is -0.610. The minimum absolute atomic E-state index is 0.269. The van der Waals surface area contributed by atoms with Crippen LogP contribution in [0.15, 0.2) is 16.6 Å². The van der Waals surface area contributed by atoms with Gasteiger partial charge in [0.15, 0.2) is 0 Å². The number of halogens is 3. The fraction of sp³-hybridized carbons (Fsp3) is 0.462. The average Bonchev–Trinajstić information content (AvgIpc) is 2.64. The summed E-state index contributed by atoms with van der Waals surface area (Å²) in [5.74, 6) is 1.46. The quantitative estimate of drug-likeness (QED) is 0.740. The number of nitrogens with zero attached hydrogens (tertiary/aromatic N) is 2. The lowest BCUT2D eigenvalue weighted by Crippen LogP contribution is -2.05. The van der Waals surface area contributed by atoms with Crippen LogP contribution in [0.1, 0.15) is 26.1 Å². The topological polar surface area (TPSA) is 17.8 Å². The highest BCUT2D eigenvalue weighted by molar-refractivity contribution is 9.10. The second kappa shape index (κ2) is 5.57. The van der Waals surface area contributed by atoms with Gasteiger partial charge < -0.3 is 4.57 Å². The van der Waals surface area contributed by atoms with E-state index in [1.54, 1.807) is 6.07 Å². The Kier molecular flexibility index (Phi) is 4.28. The highest BCUT2D eigenvalue weighted by Gasteiger charge is 2.13. The van der Waals surface area contributed by atoms with E-state index in [-0.39, 0.29) is 5.82 Å². The Morgan fingerprint density at radius 1 is 1.44 bits per heavy atom. The number of fused-ring (bicyclic) bond motifs is 1. The van der Waals surface area contributed by atoms with Crippen LogP contribution in [-0.2, 0) is 12.4 Å². The molecule has 0 aliphatic carbocycles. The van der Waals surface area contributed by atoms with Crippen LogP contribution in [0.25, 0.3) is 11.0 Å². The molecular weight excluding hydrogens is 319 g/mol. The molecule has 98 valence electrons. The van der Waals surface area contributed by atoms with Crippen molar-refractivity contribution >= 4 is 38.6 Å². The van der Waals surface area contributed by atoms with Gasteiger partial charge in [-0.05, 0) is 34.3 Å². The van der Waals surface area contributed by atoms with E-state index in [1.807, 2.05) is 4.57 Å². The minimum atomic E-state index is -0.269. The maximum Gasteiger partial charge on any atom is 0.139 e. The standard InChI is InChI=1S/C13H15BrClFN2/c1-8(2)3-4-18-12-6-10(16)9(14)5-11(12)17-13(18)7-15/h5-6,8H,3-4,7H2,1-2H3. The van der Waals surface area contributed by atoms with E-state index >= 15 is 0 Å². The summed E-state index contributed by atoms with van der Waals surface area (Å²) in [6, 6.07) is 3.22. The second-order valence-corrected chi connectivity index (χ2v) is 5.87. The smallest absolute Gasteiger partial charge is 0.139 e. The summed E-state index contributed by atoms with van der Waals surface area (Å²) >= 11 is 9.09. The number of aryl methyl sites for hydroxylation is 1. The van der Waals surface area contributed by atoms with E-state index in [4.69, 9.17) is 11.6 Å². The number of aromatic nitrogens is 2. The van der Waals surface area contributed by atoms with Crippen molar-refractivity contribution in [2.24, 2.45) is 5.92 Å². The van der Waals surface area contributed by atoms with Crippen molar-refractivity contribution in [2.45, 2.75) is 32.7 Å². The maximum atomic E-state index is 13.6. The van der Waals surface area contributed by atoms with Gasteiger partial charge in [0.25, 0.3) is 0 Å². The molecule has 0 bridgehead atoms. The summed E-state index contributed by atoms with van der Waals surface area (Å²) in [4.78, 5) is 4.45. The maximum absolute atomic E-state index is 13.6. The molecule has 1 aromatic heterocycles. The number of imidazole rings is 1. The Labute approximate surface area is 119 Å². The molecule has 1 aromatic carbocycles. The molecule has 0 N–H and O–H groups in total. The predicted octanol–water partition coefficient (Wildman–Crippen LogP) is 4.72. The Bertz CT molecular complexity index is 566. The molecule has 18 heavy (non-hydrogen) atoms. The van der Waals surface area contributed by atoms with Crippen LogP contribution >= 0.6 is 27.5 Å². The minimum Gasteiger partial charge on any atom is -0.327 e. The van der Waals surface area contributed by atoms with Crippen LogP contribution in [0, 0.1) is 11.7 Å². The van der Waals surface area contributed by atoms with Gasteiger partial charge in [-0.25, -0.2) is 9.37 Å². The number of hydrogen-bond acceptors (Lipinski definition) is 1.